The highest BCUT2D eigenvalue weighted by Crippen LogP contribution is 2.39. The van der Waals surface area contributed by atoms with Gasteiger partial charge in [0, 0.05) is 18.7 Å². The normalized spacial score (nSPS) is 13.6. The van der Waals surface area contributed by atoms with Gasteiger partial charge in [-0.2, -0.15) is 5.26 Å². The summed E-state index contributed by atoms with van der Waals surface area (Å²) in [6.07, 6.45) is 2.73. The van der Waals surface area contributed by atoms with Gasteiger partial charge in [0.25, 0.3) is 0 Å². The molecule has 0 atom stereocenters. The minimum atomic E-state index is -0.0843. The van der Waals surface area contributed by atoms with Crippen LogP contribution >= 0.6 is 11.8 Å². The van der Waals surface area contributed by atoms with E-state index in [0.29, 0.717) is 12.3 Å². The molecular formula is C16H17N5OS. The van der Waals surface area contributed by atoms with Crippen molar-refractivity contribution in [2.24, 2.45) is 7.05 Å². The number of amides is 1. The van der Waals surface area contributed by atoms with E-state index >= 15 is 0 Å². The Kier molecular flexibility index (Phi) is 4.63. The van der Waals surface area contributed by atoms with Crippen molar-refractivity contribution in [3.8, 4) is 6.07 Å². The molecule has 118 valence electrons. The SMILES string of the molecule is Cn1c(SCC(=O)Nc2ccc(CC#N)cc2)nnc1C1CC1. The molecule has 1 saturated carbocycles. The largest absolute Gasteiger partial charge is 0.325 e. The van der Waals surface area contributed by atoms with Crippen LogP contribution in [-0.2, 0) is 18.3 Å². The molecule has 0 saturated heterocycles. The zero-order valence-corrected chi connectivity index (χ0v) is 13.6. The Labute approximate surface area is 138 Å². The zero-order chi connectivity index (χ0) is 16.2. The molecule has 1 amide bonds. The van der Waals surface area contributed by atoms with Gasteiger partial charge in [0.1, 0.15) is 5.82 Å². The van der Waals surface area contributed by atoms with Crippen LogP contribution in [0.4, 0.5) is 5.69 Å². The van der Waals surface area contributed by atoms with Crippen molar-refractivity contribution in [2.45, 2.75) is 30.3 Å². The number of carbonyl (C=O) groups is 1. The molecule has 0 bridgehead atoms. The van der Waals surface area contributed by atoms with Crippen LogP contribution in [0.1, 0.15) is 30.1 Å². The molecule has 0 radical (unpaired) electrons. The van der Waals surface area contributed by atoms with Crippen molar-refractivity contribution in [1.29, 1.82) is 5.26 Å². The van der Waals surface area contributed by atoms with Crippen molar-refractivity contribution in [1.82, 2.24) is 14.8 Å². The van der Waals surface area contributed by atoms with E-state index in [2.05, 4.69) is 21.6 Å². The third kappa shape index (κ3) is 3.90. The second kappa shape index (κ2) is 6.84. The van der Waals surface area contributed by atoms with Crippen molar-refractivity contribution in [3.63, 3.8) is 0 Å². The predicted molar refractivity (Wildman–Crippen MR) is 88.1 cm³/mol. The van der Waals surface area contributed by atoms with Gasteiger partial charge in [0.05, 0.1) is 18.2 Å². The summed E-state index contributed by atoms with van der Waals surface area (Å²) in [6.45, 7) is 0. The highest BCUT2D eigenvalue weighted by molar-refractivity contribution is 7.99. The van der Waals surface area contributed by atoms with Crippen LogP contribution in [0.2, 0.25) is 0 Å². The lowest BCUT2D eigenvalue weighted by atomic mass is 10.1. The van der Waals surface area contributed by atoms with Crippen molar-refractivity contribution >= 4 is 23.4 Å². The van der Waals surface area contributed by atoms with Gasteiger partial charge in [-0.15, -0.1) is 10.2 Å². The number of rotatable bonds is 6. The molecular weight excluding hydrogens is 310 g/mol. The molecule has 6 nitrogen and oxygen atoms in total. The van der Waals surface area contributed by atoms with E-state index in [1.54, 1.807) is 0 Å². The smallest absolute Gasteiger partial charge is 0.234 e. The molecule has 23 heavy (non-hydrogen) atoms. The van der Waals surface area contributed by atoms with E-state index in [1.807, 2.05) is 35.9 Å². The molecule has 1 aromatic heterocycles. The summed E-state index contributed by atoms with van der Waals surface area (Å²) in [4.78, 5) is 12.0. The Morgan fingerprint density at radius 2 is 2.13 bits per heavy atom. The summed E-state index contributed by atoms with van der Waals surface area (Å²) in [5.41, 5.74) is 1.67. The third-order valence-electron chi connectivity index (χ3n) is 3.66. The van der Waals surface area contributed by atoms with Gasteiger partial charge in [-0.25, -0.2) is 0 Å². The number of hydrogen-bond donors (Lipinski definition) is 1. The number of nitriles is 1. The fraction of sp³-hybridized carbons (Fsp3) is 0.375. The van der Waals surface area contributed by atoms with Crippen LogP contribution in [-0.4, -0.2) is 26.4 Å². The van der Waals surface area contributed by atoms with E-state index in [1.165, 1.54) is 24.6 Å². The van der Waals surface area contributed by atoms with Gasteiger partial charge in [0.15, 0.2) is 5.16 Å². The monoisotopic (exact) mass is 327 g/mol. The number of hydrogen-bond acceptors (Lipinski definition) is 5. The van der Waals surface area contributed by atoms with E-state index in [0.717, 1.165) is 22.2 Å². The van der Waals surface area contributed by atoms with Gasteiger partial charge in [-0.05, 0) is 30.5 Å². The molecule has 3 rings (SSSR count). The van der Waals surface area contributed by atoms with Crippen LogP contribution < -0.4 is 5.32 Å². The van der Waals surface area contributed by atoms with Crippen LogP contribution in [0, 0.1) is 11.3 Å². The van der Waals surface area contributed by atoms with Crippen LogP contribution in [0.15, 0.2) is 29.4 Å². The van der Waals surface area contributed by atoms with E-state index < -0.39 is 0 Å². The summed E-state index contributed by atoms with van der Waals surface area (Å²) < 4.78 is 1.98. The maximum absolute atomic E-state index is 12.0. The van der Waals surface area contributed by atoms with Crippen molar-refractivity contribution < 1.29 is 4.79 Å². The highest BCUT2D eigenvalue weighted by Gasteiger charge is 2.29. The van der Waals surface area contributed by atoms with Crippen LogP contribution in [0.5, 0.6) is 0 Å². The molecule has 1 fully saturated rings. The molecule has 2 aromatic rings. The molecule has 1 aromatic carbocycles. The second-order valence-electron chi connectivity index (χ2n) is 5.54. The fourth-order valence-electron chi connectivity index (χ4n) is 2.27. The topological polar surface area (TPSA) is 83.6 Å². The van der Waals surface area contributed by atoms with Crippen LogP contribution in [0.3, 0.4) is 0 Å². The van der Waals surface area contributed by atoms with Crippen molar-refractivity contribution in [3.05, 3.63) is 35.7 Å². The number of carbonyl (C=O) groups excluding carboxylic acids is 1. The lowest BCUT2D eigenvalue weighted by molar-refractivity contribution is -0.113. The molecule has 1 aliphatic rings. The third-order valence-corrected chi connectivity index (χ3v) is 4.68. The highest BCUT2D eigenvalue weighted by atomic mass is 32.2. The first-order valence-electron chi connectivity index (χ1n) is 7.45. The summed E-state index contributed by atoms with van der Waals surface area (Å²) in [5, 5.41) is 20.6. The maximum Gasteiger partial charge on any atom is 0.234 e. The average molecular weight is 327 g/mol. The maximum atomic E-state index is 12.0. The summed E-state index contributed by atoms with van der Waals surface area (Å²) in [7, 11) is 1.95. The van der Waals surface area contributed by atoms with Crippen molar-refractivity contribution in [2.75, 3.05) is 11.1 Å². The fourth-order valence-corrected chi connectivity index (χ4v) is 2.99. The molecule has 0 unspecified atom stereocenters. The summed E-state index contributed by atoms with van der Waals surface area (Å²) in [5.74, 6) is 1.76. The first-order valence-corrected chi connectivity index (χ1v) is 8.43. The molecule has 1 heterocycles. The number of benzene rings is 1. The number of thioether (sulfide) groups is 1. The number of aromatic nitrogens is 3. The molecule has 1 N–H and O–H groups in total. The Morgan fingerprint density at radius 3 is 2.78 bits per heavy atom. The molecule has 0 aliphatic heterocycles. The molecule has 7 heteroatoms. The van der Waals surface area contributed by atoms with E-state index in [4.69, 9.17) is 5.26 Å². The van der Waals surface area contributed by atoms with E-state index in [-0.39, 0.29) is 11.7 Å². The second-order valence-corrected chi connectivity index (χ2v) is 6.49. The Hall–Kier alpha value is -2.33. The lowest BCUT2D eigenvalue weighted by Gasteiger charge is -2.06. The van der Waals surface area contributed by atoms with E-state index in [9.17, 15) is 4.79 Å². The van der Waals surface area contributed by atoms with Gasteiger partial charge < -0.3 is 9.88 Å². The standard InChI is InChI=1S/C16H17N5OS/c1-21-15(12-4-5-12)19-20-16(21)23-10-14(22)18-13-6-2-11(3-7-13)8-9-17/h2-3,6-7,12H,4-5,8,10H2,1H3,(H,18,22). The number of anilines is 1. The Morgan fingerprint density at radius 1 is 1.39 bits per heavy atom. The summed E-state index contributed by atoms with van der Waals surface area (Å²) in [6, 6.07) is 9.40. The number of nitrogens with zero attached hydrogens (tertiary/aromatic N) is 4. The zero-order valence-electron chi connectivity index (χ0n) is 12.8. The molecule has 1 aliphatic carbocycles. The molecule has 0 spiro atoms. The number of nitrogens with one attached hydrogen (secondary N) is 1. The van der Waals surface area contributed by atoms with Gasteiger partial charge in [0.2, 0.25) is 5.91 Å². The summed E-state index contributed by atoms with van der Waals surface area (Å²) >= 11 is 1.39. The van der Waals surface area contributed by atoms with Gasteiger partial charge in [-0.1, -0.05) is 23.9 Å². The Balaban J connectivity index is 1.52. The quantitative estimate of drug-likeness (QED) is 0.824. The van der Waals surface area contributed by atoms with Crippen LogP contribution in [0.25, 0.3) is 0 Å². The minimum Gasteiger partial charge on any atom is -0.325 e. The Bertz CT molecular complexity index is 743. The minimum absolute atomic E-state index is 0.0843. The lowest BCUT2D eigenvalue weighted by Crippen LogP contribution is -2.14. The predicted octanol–water partition coefficient (Wildman–Crippen LogP) is 2.49. The van der Waals surface area contributed by atoms with Gasteiger partial charge >= 0.3 is 0 Å². The average Bonchev–Trinajstić information content (AvgIpc) is 3.31. The van der Waals surface area contributed by atoms with Gasteiger partial charge in [-0.3, -0.25) is 4.79 Å². The first-order chi connectivity index (χ1) is 11.2. The first kappa shape index (κ1) is 15.6.